The van der Waals surface area contributed by atoms with E-state index in [1.165, 1.54) is 6.07 Å². The largest absolute Gasteiger partial charge is 0.477 e. The van der Waals surface area contributed by atoms with Gasteiger partial charge in [0.15, 0.2) is 5.69 Å². The van der Waals surface area contributed by atoms with E-state index in [4.69, 9.17) is 5.11 Å². The summed E-state index contributed by atoms with van der Waals surface area (Å²) in [6.07, 6.45) is 2.75. The average Bonchev–Trinajstić information content (AvgIpc) is 2.38. The maximum Gasteiger partial charge on any atom is 0.354 e. The topological polar surface area (TPSA) is 91.3 Å². The summed E-state index contributed by atoms with van der Waals surface area (Å²) in [5.41, 5.74) is -0.382. The fourth-order valence-electron chi connectivity index (χ4n) is 2.35. The number of anilines is 1. The monoisotopic (exact) mass is 277 g/mol. The zero-order valence-corrected chi connectivity index (χ0v) is 11.5. The summed E-state index contributed by atoms with van der Waals surface area (Å²) in [7, 11) is 0. The molecule has 20 heavy (non-hydrogen) atoms. The molecule has 2 rings (SSSR count). The zero-order valence-electron chi connectivity index (χ0n) is 11.5. The molecule has 0 spiro atoms. The summed E-state index contributed by atoms with van der Waals surface area (Å²) in [5.74, 6) is -0.510. The molecule has 0 unspecified atom stereocenters. The molecule has 3 N–H and O–H groups in total. The number of nitrogens with one attached hydrogen (secondary N) is 2. The minimum Gasteiger partial charge on any atom is -0.477 e. The van der Waals surface area contributed by atoms with Gasteiger partial charge in [-0.2, -0.15) is 0 Å². The lowest BCUT2D eigenvalue weighted by atomic mass is 9.68. The fourth-order valence-corrected chi connectivity index (χ4v) is 2.35. The van der Waals surface area contributed by atoms with Gasteiger partial charge in [0.05, 0.1) is 5.41 Å². The highest BCUT2D eigenvalue weighted by atomic mass is 16.4. The van der Waals surface area contributed by atoms with E-state index >= 15 is 0 Å². The molecule has 1 saturated carbocycles. The summed E-state index contributed by atoms with van der Waals surface area (Å²) in [6.45, 7) is 3.00. The van der Waals surface area contributed by atoms with E-state index < -0.39 is 5.97 Å². The zero-order chi connectivity index (χ0) is 14.6. The molecule has 0 bridgehead atoms. The van der Waals surface area contributed by atoms with E-state index in [9.17, 15) is 9.59 Å². The second-order valence-electron chi connectivity index (χ2n) is 5.06. The van der Waals surface area contributed by atoms with Gasteiger partial charge in [-0.15, -0.1) is 0 Å². The minimum absolute atomic E-state index is 0.00401. The van der Waals surface area contributed by atoms with E-state index in [0.29, 0.717) is 18.9 Å². The number of nitrogens with zero attached hydrogens (tertiary/aromatic N) is 1. The molecule has 0 atom stereocenters. The lowest BCUT2D eigenvalue weighted by Gasteiger charge is -2.40. The van der Waals surface area contributed by atoms with Gasteiger partial charge in [0, 0.05) is 13.1 Å². The van der Waals surface area contributed by atoms with Crippen LogP contribution in [0.1, 0.15) is 36.7 Å². The minimum atomic E-state index is -1.06. The van der Waals surface area contributed by atoms with Crippen LogP contribution in [0.15, 0.2) is 18.2 Å². The standard InChI is InChI=1S/C14H19N3O3/c1-2-15-13(20)14(7-4-8-14)9-16-11-6-3-5-10(17-11)12(18)19/h3,5-6H,2,4,7-9H2,1H3,(H,15,20)(H,16,17)(H,18,19). The Hall–Kier alpha value is -2.11. The van der Waals surface area contributed by atoms with E-state index in [-0.39, 0.29) is 17.0 Å². The smallest absolute Gasteiger partial charge is 0.354 e. The van der Waals surface area contributed by atoms with Crippen LogP contribution in [0.4, 0.5) is 5.82 Å². The van der Waals surface area contributed by atoms with Crippen molar-refractivity contribution in [2.24, 2.45) is 5.41 Å². The molecular formula is C14H19N3O3. The lowest BCUT2D eigenvalue weighted by molar-refractivity contribution is -0.134. The number of rotatable bonds is 6. The van der Waals surface area contributed by atoms with Gasteiger partial charge in [-0.3, -0.25) is 4.79 Å². The van der Waals surface area contributed by atoms with Crippen LogP contribution >= 0.6 is 0 Å². The van der Waals surface area contributed by atoms with Gasteiger partial charge in [-0.05, 0) is 31.9 Å². The summed E-state index contributed by atoms with van der Waals surface area (Å²) >= 11 is 0. The van der Waals surface area contributed by atoms with Gasteiger partial charge < -0.3 is 15.7 Å². The van der Waals surface area contributed by atoms with Crippen LogP contribution in [0.3, 0.4) is 0 Å². The summed E-state index contributed by atoms with van der Waals surface area (Å²) in [4.78, 5) is 26.9. The van der Waals surface area contributed by atoms with Crippen molar-refractivity contribution in [3.8, 4) is 0 Å². The molecule has 108 valence electrons. The molecule has 1 aliphatic carbocycles. The van der Waals surface area contributed by atoms with E-state index in [2.05, 4.69) is 15.6 Å². The Morgan fingerprint density at radius 2 is 2.15 bits per heavy atom. The van der Waals surface area contributed by atoms with Gasteiger partial charge >= 0.3 is 5.97 Å². The van der Waals surface area contributed by atoms with Crippen LogP contribution in [0, 0.1) is 5.41 Å². The maximum absolute atomic E-state index is 12.1. The normalized spacial score (nSPS) is 16.1. The quantitative estimate of drug-likeness (QED) is 0.733. The van der Waals surface area contributed by atoms with Crippen molar-refractivity contribution in [1.29, 1.82) is 0 Å². The third-order valence-corrected chi connectivity index (χ3v) is 3.71. The Morgan fingerprint density at radius 1 is 1.40 bits per heavy atom. The van der Waals surface area contributed by atoms with Crippen LogP contribution < -0.4 is 10.6 Å². The molecule has 0 radical (unpaired) electrons. The molecule has 0 saturated heterocycles. The highest BCUT2D eigenvalue weighted by Gasteiger charge is 2.43. The lowest BCUT2D eigenvalue weighted by Crippen LogP contribution is -2.49. The average molecular weight is 277 g/mol. The Bertz CT molecular complexity index is 512. The number of aromatic nitrogens is 1. The maximum atomic E-state index is 12.1. The Kier molecular flexibility index (Phi) is 4.22. The molecule has 1 aromatic rings. The highest BCUT2D eigenvalue weighted by molar-refractivity contribution is 5.86. The molecule has 0 aliphatic heterocycles. The first-order valence-corrected chi connectivity index (χ1v) is 6.80. The first-order chi connectivity index (χ1) is 9.57. The predicted molar refractivity (Wildman–Crippen MR) is 74.7 cm³/mol. The van der Waals surface area contributed by atoms with Gasteiger partial charge in [0.2, 0.25) is 5.91 Å². The van der Waals surface area contributed by atoms with Crippen LogP contribution in [0.5, 0.6) is 0 Å². The molecule has 1 heterocycles. The highest BCUT2D eigenvalue weighted by Crippen LogP contribution is 2.41. The number of carbonyl (C=O) groups is 2. The van der Waals surface area contributed by atoms with Crippen molar-refractivity contribution >= 4 is 17.7 Å². The number of aromatic carboxylic acids is 1. The van der Waals surface area contributed by atoms with Crippen molar-refractivity contribution in [3.63, 3.8) is 0 Å². The second kappa shape index (κ2) is 5.90. The number of amides is 1. The van der Waals surface area contributed by atoms with Crippen molar-refractivity contribution < 1.29 is 14.7 Å². The van der Waals surface area contributed by atoms with Gasteiger partial charge in [-0.1, -0.05) is 12.5 Å². The van der Waals surface area contributed by atoms with Crippen molar-refractivity contribution in [2.75, 3.05) is 18.4 Å². The Balaban J connectivity index is 2.02. The number of hydrogen-bond donors (Lipinski definition) is 3. The third-order valence-electron chi connectivity index (χ3n) is 3.71. The number of carbonyl (C=O) groups excluding carboxylic acids is 1. The van der Waals surface area contributed by atoms with Gasteiger partial charge in [0.1, 0.15) is 5.82 Å². The molecule has 1 aromatic heterocycles. The third kappa shape index (κ3) is 2.89. The molecule has 1 fully saturated rings. The number of carboxylic acid groups (broad SMARTS) is 1. The first-order valence-electron chi connectivity index (χ1n) is 6.80. The molecular weight excluding hydrogens is 258 g/mol. The molecule has 1 amide bonds. The molecule has 1 aliphatic rings. The molecule has 0 aromatic carbocycles. The van der Waals surface area contributed by atoms with E-state index in [0.717, 1.165) is 19.3 Å². The summed E-state index contributed by atoms with van der Waals surface area (Å²) in [6, 6.07) is 4.78. The van der Waals surface area contributed by atoms with Crippen LogP contribution in [-0.4, -0.2) is 35.1 Å². The van der Waals surface area contributed by atoms with Crippen molar-refractivity contribution in [1.82, 2.24) is 10.3 Å². The number of pyridine rings is 1. The number of carboxylic acids is 1. The first kappa shape index (κ1) is 14.3. The van der Waals surface area contributed by atoms with E-state index in [1.54, 1.807) is 12.1 Å². The SMILES string of the molecule is CCNC(=O)C1(CNc2cccc(C(=O)O)n2)CCC1. The Morgan fingerprint density at radius 3 is 2.70 bits per heavy atom. The fraction of sp³-hybridized carbons (Fsp3) is 0.500. The molecule has 6 heteroatoms. The predicted octanol–water partition coefficient (Wildman–Crippen LogP) is 1.50. The molecule has 6 nitrogen and oxygen atoms in total. The number of hydrogen-bond acceptors (Lipinski definition) is 4. The van der Waals surface area contributed by atoms with Crippen LogP contribution in [-0.2, 0) is 4.79 Å². The second-order valence-corrected chi connectivity index (χ2v) is 5.06. The van der Waals surface area contributed by atoms with E-state index in [1.807, 2.05) is 6.92 Å². The van der Waals surface area contributed by atoms with Crippen LogP contribution in [0.25, 0.3) is 0 Å². The van der Waals surface area contributed by atoms with Gasteiger partial charge in [-0.25, -0.2) is 9.78 Å². The van der Waals surface area contributed by atoms with Crippen molar-refractivity contribution in [2.45, 2.75) is 26.2 Å². The summed E-state index contributed by atoms with van der Waals surface area (Å²) in [5, 5.41) is 14.8. The summed E-state index contributed by atoms with van der Waals surface area (Å²) < 4.78 is 0. The van der Waals surface area contributed by atoms with Gasteiger partial charge in [0.25, 0.3) is 0 Å². The Labute approximate surface area is 117 Å². The van der Waals surface area contributed by atoms with Crippen LogP contribution in [0.2, 0.25) is 0 Å². The van der Waals surface area contributed by atoms with Crippen molar-refractivity contribution in [3.05, 3.63) is 23.9 Å².